The number of ether oxygens (including phenoxy) is 2. The maximum atomic E-state index is 11.8. The van der Waals surface area contributed by atoms with Gasteiger partial charge in [-0.25, -0.2) is 9.97 Å². The average molecular weight is 386 g/mol. The van der Waals surface area contributed by atoms with Crippen molar-refractivity contribution >= 4 is 23.2 Å². The zero-order valence-corrected chi connectivity index (χ0v) is 15.7. The lowest BCUT2D eigenvalue weighted by Crippen LogP contribution is -2.28. The molecule has 6 N–H and O–H groups in total. The highest BCUT2D eigenvalue weighted by Gasteiger charge is 2.17. The molecule has 1 saturated heterocycles. The third-order valence-electron chi connectivity index (χ3n) is 4.29. The minimum Gasteiger partial charge on any atom is -0.493 e. The lowest BCUT2D eigenvalue weighted by molar-refractivity contribution is 0.0904. The first-order valence-corrected chi connectivity index (χ1v) is 9.37. The molecule has 9 heteroatoms. The summed E-state index contributed by atoms with van der Waals surface area (Å²) in [5, 5.41) is 6.46. The molecular formula is C19H26N6O3. The number of anilines is 3. The number of carbonyl (C=O) groups is 1. The number of nitrogens with zero attached hydrogens (tertiary/aromatic N) is 2. The van der Waals surface area contributed by atoms with Crippen LogP contribution in [0.1, 0.15) is 29.8 Å². The van der Waals surface area contributed by atoms with Crippen molar-refractivity contribution < 1.29 is 14.3 Å². The maximum absolute atomic E-state index is 11.8. The summed E-state index contributed by atoms with van der Waals surface area (Å²) in [5.74, 6) is 0.921. The van der Waals surface area contributed by atoms with Crippen LogP contribution in [0.15, 0.2) is 30.5 Å². The number of primary amides is 1. The molecule has 0 unspecified atom stereocenters. The number of hydrogen-bond acceptors (Lipinski definition) is 8. The highest BCUT2D eigenvalue weighted by molar-refractivity contribution is 5.96. The van der Waals surface area contributed by atoms with Gasteiger partial charge >= 0.3 is 0 Å². The molecule has 1 aliphatic rings. The first-order valence-electron chi connectivity index (χ1n) is 9.37. The Morgan fingerprint density at radius 2 is 2.14 bits per heavy atom. The molecule has 1 aliphatic heterocycles. The minimum atomic E-state index is -0.650. The Balaban J connectivity index is 1.76. The van der Waals surface area contributed by atoms with Crippen LogP contribution in [0.2, 0.25) is 0 Å². The third-order valence-corrected chi connectivity index (χ3v) is 4.29. The molecule has 2 heterocycles. The van der Waals surface area contributed by atoms with Gasteiger partial charge in [0.05, 0.1) is 12.8 Å². The molecule has 0 bridgehead atoms. The van der Waals surface area contributed by atoms with Crippen molar-refractivity contribution in [2.45, 2.75) is 25.3 Å². The zero-order valence-electron chi connectivity index (χ0n) is 15.7. The van der Waals surface area contributed by atoms with Gasteiger partial charge in [0, 0.05) is 31.0 Å². The van der Waals surface area contributed by atoms with Crippen molar-refractivity contribution in [2.24, 2.45) is 11.5 Å². The van der Waals surface area contributed by atoms with Crippen LogP contribution in [0, 0.1) is 0 Å². The molecule has 1 amide bonds. The van der Waals surface area contributed by atoms with Gasteiger partial charge in [-0.3, -0.25) is 4.79 Å². The van der Waals surface area contributed by atoms with E-state index in [1.165, 1.54) is 6.20 Å². The fourth-order valence-electron chi connectivity index (χ4n) is 2.85. The van der Waals surface area contributed by atoms with Crippen LogP contribution in [-0.2, 0) is 4.74 Å². The van der Waals surface area contributed by atoms with Crippen LogP contribution in [0.5, 0.6) is 5.75 Å². The molecule has 0 spiro atoms. The van der Waals surface area contributed by atoms with Crippen LogP contribution < -0.4 is 26.8 Å². The standard InChI is InChI=1S/C19H26N6O3/c20-7-2-8-28-15-4-1-3-14(11-15)24-19-17(18(21)26)22-12-16(25-19)23-13-5-9-27-10-6-13/h1,3-4,11-13H,2,5-10,20H2,(H2,21,26)(H2,23,24,25). The minimum absolute atomic E-state index is 0.0759. The molecule has 0 saturated carbocycles. The number of nitrogens with one attached hydrogen (secondary N) is 2. The van der Waals surface area contributed by atoms with Gasteiger partial charge in [0.15, 0.2) is 11.5 Å². The Kier molecular flexibility index (Phi) is 6.99. The number of benzene rings is 1. The smallest absolute Gasteiger partial charge is 0.271 e. The van der Waals surface area contributed by atoms with E-state index in [0.29, 0.717) is 49.4 Å². The lowest BCUT2D eigenvalue weighted by atomic mass is 10.1. The summed E-state index contributed by atoms with van der Waals surface area (Å²) in [6, 6.07) is 7.63. The number of amides is 1. The summed E-state index contributed by atoms with van der Waals surface area (Å²) in [7, 11) is 0. The van der Waals surface area contributed by atoms with E-state index in [4.69, 9.17) is 20.9 Å². The predicted octanol–water partition coefficient (Wildman–Crippen LogP) is 1.64. The van der Waals surface area contributed by atoms with Crippen molar-refractivity contribution in [3.63, 3.8) is 0 Å². The van der Waals surface area contributed by atoms with E-state index < -0.39 is 5.91 Å². The fraction of sp³-hybridized carbons (Fsp3) is 0.421. The summed E-state index contributed by atoms with van der Waals surface area (Å²) >= 11 is 0. The Hall–Kier alpha value is -2.91. The van der Waals surface area contributed by atoms with E-state index in [-0.39, 0.29) is 11.7 Å². The molecule has 150 valence electrons. The van der Waals surface area contributed by atoms with Crippen molar-refractivity contribution in [1.82, 2.24) is 9.97 Å². The molecule has 0 aliphatic carbocycles. The summed E-state index contributed by atoms with van der Waals surface area (Å²) in [6.45, 7) is 2.54. The highest BCUT2D eigenvalue weighted by Crippen LogP contribution is 2.24. The second-order valence-corrected chi connectivity index (χ2v) is 6.49. The second-order valence-electron chi connectivity index (χ2n) is 6.49. The SMILES string of the molecule is NCCCOc1cccc(Nc2nc(NC3CCOCC3)cnc2C(N)=O)c1. The van der Waals surface area contributed by atoms with Gasteiger partial charge in [-0.05, 0) is 37.9 Å². The monoisotopic (exact) mass is 386 g/mol. The van der Waals surface area contributed by atoms with Crippen molar-refractivity contribution in [3.05, 3.63) is 36.2 Å². The van der Waals surface area contributed by atoms with E-state index >= 15 is 0 Å². The average Bonchev–Trinajstić information content (AvgIpc) is 2.69. The number of aromatic nitrogens is 2. The first-order chi connectivity index (χ1) is 13.7. The van der Waals surface area contributed by atoms with Gasteiger partial charge in [0.2, 0.25) is 0 Å². The van der Waals surface area contributed by atoms with E-state index in [1.807, 2.05) is 24.3 Å². The number of rotatable bonds is 9. The third kappa shape index (κ3) is 5.54. The Morgan fingerprint density at radius 1 is 1.32 bits per heavy atom. The van der Waals surface area contributed by atoms with Crippen molar-refractivity contribution in [2.75, 3.05) is 37.0 Å². The highest BCUT2D eigenvalue weighted by atomic mass is 16.5. The van der Waals surface area contributed by atoms with E-state index in [9.17, 15) is 4.79 Å². The summed E-state index contributed by atoms with van der Waals surface area (Å²) in [5.41, 5.74) is 11.7. The van der Waals surface area contributed by atoms with Gasteiger partial charge in [-0.1, -0.05) is 6.07 Å². The topological polar surface area (TPSA) is 137 Å². The van der Waals surface area contributed by atoms with Crippen LogP contribution in [0.3, 0.4) is 0 Å². The van der Waals surface area contributed by atoms with Crippen molar-refractivity contribution in [3.8, 4) is 5.75 Å². The molecule has 1 fully saturated rings. The van der Waals surface area contributed by atoms with Crippen LogP contribution in [-0.4, -0.2) is 48.3 Å². The Labute approximate surface area is 163 Å². The van der Waals surface area contributed by atoms with Crippen LogP contribution in [0.25, 0.3) is 0 Å². The van der Waals surface area contributed by atoms with Crippen LogP contribution >= 0.6 is 0 Å². The van der Waals surface area contributed by atoms with Gasteiger partial charge in [-0.15, -0.1) is 0 Å². The molecule has 2 aromatic rings. The summed E-state index contributed by atoms with van der Waals surface area (Å²) < 4.78 is 11.0. The fourth-order valence-corrected chi connectivity index (χ4v) is 2.85. The molecule has 1 aromatic carbocycles. The van der Waals surface area contributed by atoms with Gasteiger partial charge in [0.1, 0.15) is 11.6 Å². The molecule has 1 aromatic heterocycles. The molecular weight excluding hydrogens is 360 g/mol. The maximum Gasteiger partial charge on any atom is 0.271 e. The van der Waals surface area contributed by atoms with E-state index in [0.717, 1.165) is 19.3 Å². The first kappa shape index (κ1) is 19.8. The van der Waals surface area contributed by atoms with Gasteiger partial charge in [0.25, 0.3) is 5.91 Å². The Bertz CT molecular complexity index is 795. The number of hydrogen-bond donors (Lipinski definition) is 4. The normalized spacial score (nSPS) is 14.5. The predicted molar refractivity (Wildman–Crippen MR) is 107 cm³/mol. The van der Waals surface area contributed by atoms with E-state index in [2.05, 4.69) is 20.6 Å². The number of carbonyl (C=O) groups excluding carboxylic acids is 1. The second kappa shape index (κ2) is 9.86. The molecule has 3 rings (SSSR count). The largest absolute Gasteiger partial charge is 0.493 e. The molecule has 28 heavy (non-hydrogen) atoms. The molecule has 0 radical (unpaired) electrons. The van der Waals surface area contributed by atoms with Crippen LogP contribution in [0.4, 0.5) is 17.3 Å². The Morgan fingerprint density at radius 3 is 2.89 bits per heavy atom. The lowest BCUT2D eigenvalue weighted by Gasteiger charge is -2.23. The summed E-state index contributed by atoms with van der Waals surface area (Å²) in [6.07, 6.45) is 4.08. The van der Waals surface area contributed by atoms with Gasteiger partial charge < -0.3 is 31.6 Å². The molecule has 9 nitrogen and oxygen atoms in total. The van der Waals surface area contributed by atoms with Crippen molar-refractivity contribution in [1.29, 1.82) is 0 Å². The molecule has 0 atom stereocenters. The number of nitrogens with two attached hydrogens (primary N) is 2. The zero-order chi connectivity index (χ0) is 19.8. The van der Waals surface area contributed by atoms with Gasteiger partial charge in [-0.2, -0.15) is 0 Å². The van der Waals surface area contributed by atoms with E-state index in [1.54, 1.807) is 0 Å². The quantitative estimate of drug-likeness (QED) is 0.477. The summed E-state index contributed by atoms with van der Waals surface area (Å²) in [4.78, 5) is 20.5.